The van der Waals surface area contributed by atoms with E-state index in [2.05, 4.69) is 44.0 Å². The molecule has 1 aliphatic rings. The van der Waals surface area contributed by atoms with E-state index in [1.54, 1.807) is 0 Å². The number of aryl methyl sites for hydroxylation is 1. The van der Waals surface area contributed by atoms with Gasteiger partial charge in [0.2, 0.25) is 0 Å². The molecular formula is C21H34N2O3. The Hall–Kier alpha value is -1.59. The Kier molecular flexibility index (Phi) is 7.91. The summed E-state index contributed by atoms with van der Waals surface area (Å²) in [7, 11) is 0. The Morgan fingerprint density at radius 2 is 2.00 bits per heavy atom. The molecule has 1 heterocycles. The van der Waals surface area contributed by atoms with Crippen molar-refractivity contribution in [3.63, 3.8) is 0 Å². The minimum absolute atomic E-state index is 0.0635. The third-order valence-corrected chi connectivity index (χ3v) is 4.71. The van der Waals surface area contributed by atoms with Crippen LogP contribution < -0.4 is 10.1 Å². The van der Waals surface area contributed by atoms with Crippen LogP contribution in [0.15, 0.2) is 18.2 Å². The highest BCUT2D eigenvalue weighted by molar-refractivity contribution is 5.77. The summed E-state index contributed by atoms with van der Waals surface area (Å²) in [5.74, 6) is 1.17. The fourth-order valence-electron chi connectivity index (χ4n) is 3.32. The minimum atomic E-state index is -0.0666. The highest BCUT2D eigenvalue weighted by Gasteiger charge is 2.21. The lowest BCUT2D eigenvalue weighted by molar-refractivity contribution is -0.123. The molecule has 5 nitrogen and oxygen atoms in total. The quantitative estimate of drug-likeness (QED) is 0.722. The molecular weight excluding hydrogens is 328 g/mol. The molecule has 26 heavy (non-hydrogen) atoms. The number of hydrogen-bond donors (Lipinski definition) is 1. The number of rotatable bonds is 8. The maximum atomic E-state index is 12.0. The molecule has 0 radical (unpaired) electrons. The Bertz CT molecular complexity index is 579. The molecule has 0 spiro atoms. The van der Waals surface area contributed by atoms with Crippen LogP contribution in [0.1, 0.15) is 51.2 Å². The van der Waals surface area contributed by atoms with Crippen LogP contribution in [-0.2, 0) is 9.53 Å². The van der Waals surface area contributed by atoms with E-state index in [0.717, 1.165) is 37.4 Å². The van der Waals surface area contributed by atoms with Crippen LogP contribution in [0.5, 0.6) is 5.75 Å². The van der Waals surface area contributed by atoms with E-state index < -0.39 is 0 Å². The molecule has 146 valence electrons. The first-order chi connectivity index (χ1) is 12.3. The van der Waals surface area contributed by atoms with E-state index in [0.29, 0.717) is 12.5 Å². The average Bonchev–Trinajstić information content (AvgIpc) is 2.57. The summed E-state index contributed by atoms with van der Waals surface area (Å²) >= 11 is 0. The fraction of sp³-hybridized carbons (Fsp3) is 0.667. The molecule has 1 aromatic rings. The van der Waals surface area contributed by atoms with Crippen LogP contribution in [0.2, 0.25) is 0 Å². The highest BCUT2D eigenvalue weighted by atomic mass is 16.5. The number of hydrogen-bond acceptors (Lipinski definition) is 4. The Morgan fingerprint density at radius 1 is 1.31 bits per heavy atom. The van der Waals surface area contributed by atoms with Gasteiger partial charge < -0.3 is 14.8 Å². The topological polar surface area (TPSA) is 50.8 Å². The first-order valence-corrected chi connectivity index (χ1v) is 9.73. The van der Waals surface area contributed by atoms with Crippen molar-refractivity contribution in [2.45, 2.75) is 59.2 Å². The smallest absolute Gasteiger partial charge is 0.257 e. The van der Waals surface area contributed by atoms with E-state index in [1.165, 1.54) is 5.56 Å². The average molecular weight is 363 g/mol. The Labute approximate surface area is 158 Å². The number of nitrogens with zero attached hydrogens (tertiary/aromatic N) is 1. The van der Waals surface area contributed by atoms with Crippen molar-refractivity contribution < 1.29 is 14.3 Å². The molecule has 0 bridgehead atoms. The number of ether oxygens (including phenoxy) is 2. The maximum Gasteiger partial charge on any atom is 0.257 e. The summed E-state index contributed by atoms with van der Waals surface area (Å²) in [5, 5.41) is 2.95. The number of carbonyl (C=O) groups excluding carboxylic acids is 1. The predicted octanol–water partition coefficient (Wildman–Crippen LogP) is 3.11. The summed E-state index contributed by atoms with van der Waals surface area (Å²) in [5.41, 5.74) is 2.28. The highest BCUT2D eigenvalue weighted by Crippen LogP contribution is 2.24. The van der Waals surface area contributed by atoms with Crippen molar-refractivity contribution in [1.29, 1.82) is 0 Å². The largest absolute Gasteiger partial charge is 0.483 e. The zero-order chi connectivity index (χ0) is 19.1. The SMILES string of the molecule is Cc1ccc(C(C)C)cc1OCC(=O)NCCCN1CC(C)OC(C)C1. The molecule has 5 heteroatoms. The first-order valence-electron chi connectivity index (χ1n) is 9.73. The second kappa shape index (κ2) is 9.93. The van der Waals surface area contributed by atoms with Gasteiger partial charge in [-0.3, -0.25) is 9.69 Å². The van der Waals surface area contributed by atoms with Crippen molar-refractivity contribution >= 4 is 5.91 Å². The van der Waals surface area contributed by atoms with Gasteiger partial charge in [0.25, 0.3) is 5.91 Å². The normalized spacial score (nSPS) is 21.0. The van der Waals surface area contributed by atoms with Crippen molar-refractivity contribution in [3.05, 3.63) is 29.3 Å². The van der Waals surface area contributed by atoms with Crippen LogP contribution in [0, 0.1) is 6.92 Å². The molecule has 1 amide bonds. The zero-order valence-electron chi connectivity index (χ0n) is 16.9. The van der Waals surface area contributed by atoms with Gasteiger partial charge in [0, 0.05) is 26.2 Å². The molecule has 1 aliphatic heterocycles. The molecule has 1 aromatic carbocycles. The van der Waals surface area contributed by atoms with Crippen LogP contribution in [-0.4, -0.2) is 55.8 Å². The fourth-order valence-corrected chi connectivity index (χ4v) is 3.32. The van der Waals surface area contributed by atoms with Crippen molar-refractivity contribution in [2.24, 2.45) is 0 Å². The van der Waals surface area contributed by atoms with E-state index >= 15 is 0 Å². The van der Waals surface area contributed by atoms with Gasteiger partial charge in [0.05, 0.1) is 12.2 Å². The van der Waals surface area contributed by atoms with E-state index in [9.17, 15) is 4.79 Å². The van der Waals surface area contributed by atoms with Gasteiger partial charge in [-0.2, -0.15) is 0 Å². The molecule has 1 saturated heterocycles. The van der Waals surface area contributed by atoms with E-state index in [4.69, 9.17) is 9.47 Å². The third kappa shape index (κ3) is 6.61. The Morgan fingerprint density at radius 3 is 2.65 bits per heavy atom. The van der Waals surface area contributed by atoms with Gasteiger partial charge >= 0.3 is 0 Å². The van der Waals surface area contributed by atoms with Gasteiger partial charge in [-0.05, 0) is 50.3 Å². The summed E-state index contributed by atoms with van der Waals surface area (Å²) in [4.78, 5) is 14.4. The predicted molar refractivity (Wildman–Crippen MR) is 105 cm³/mol. The summed E-state index contributed by atoms with van der Waals surface area (Å²) in [6, 6.07) is 6.20. The van der Waals surface area contributed by atoms with Gasteiger partial charge in [0.1, 0.15) is 5.75 Å². The van der Waals surface area contributed by atoms with Crippen LogP contribution in [0.3, 0.4) is 0 Å². The summed E-state index contributed by atoms with van der Waals surface area (Å²) in [6.45, 7) is 14.2. The first kappa shape index (κ1) is 20.7. The monoisotopic (exact) mass is 362 g/mol. The lowest BCUT2D eigenvalue weighted by Gasteiger charge is -2.35. The summed E-state index contributed by atoms with van der Waals surface area (Å²) in [6.07, 6.45) is 1.51. The van der Waals surface area contributed by atoms with Crippen molar-refractivity contribution in [3.8, 4) is 5.75 Å². The van der Waals surface area contributed by atoms with Crippen molar-refractivity contribution in [1.82, 2.24) is 10.2 Å². The summed E-state index contributed by atoms with van der Waals surface area (Å²) < 4.78 is 11.5. The van der Waals surface area contributed by atoms with Crippen LogP contribution in [0.25, 0.3) is 0 Å². The number of amides is 1. The van der Waals surface area contributed by atoms with Gasteiger partial charge in [-0.1, -0.05) is 26.0 Å². The lowest BCUT2D eigenvalue weighted by Crippen LogP contribution is -2.46. The maximum absolute atomic E-state index is 12.0. The molecule has 2 rings (SSSR count). The molecule has 2 unspecified atom stereocenters. The van der Waals surface area contributed by atoms with Crippen molar-refractivity contribution in [2.75, 3.05) is 32.8 Å². The third-order valence-electron chi connectivity index (χ3n) is 4.71. The lowest BCUT2D eigenvalue weighted by atomic mass is 10.0. The van der Waals surface area contributed by atoms with Gasteiger partial charge in [-0.25, -0.2) is 0 Å². The number of carbonyl (C=O) groups is 1. The molecule has 0 saturated carbocycles. The number of nitrogens with one attached hydrogen (secondary N) is 1. The molecule has 1 N–H and O–H groups in total. The van der Waals surface area contributed by atoms with E-state index in [1.807, 2.05) is 19.1 Å². The molecule has 0 aromatic heterocycles. The molecule has 1 fully saturated rings. The number of morpholine rings is 1. The van der Waals surface area contributed by atoms with Gasteiger partial charge in [0.15, 0.2) is 6.61 Å². The second-order valence-corrected chi connectivity index (χ2v) is 7.69. The molecule has 2 atom stereocenters. The number of benzene rings is 1. The zero-order valence-corrected chi connectivity index (χ0v) is 16.9. The van der Waals surface area contributed by atoms with Gasteiger partial charge in [-0.15, -0.1) is 0 Å². The molecule has 0 aliphatic carbocycles. The van der Waals surface area contributed by atoms with Crippen LogP contribution >= 0.6 is 0 Å². The Balaban J connectivity index is 1.67. The standard InChI is InChI=1S/C21H34N2O3/c1-15(2)19-8-7-16(3)20(11-19)25-14-21(24)22-9-6-10-23-12-17(4)26-18(5)13-23/h7-8,11,15,17-18H,6,9-10,12-14H2,1-5H3,(H,22,24). The van der Waals surface area contributed by atoms with E-state index in [-0.39, 0.29) is 24.7 Å². The van der Waals surface area contributed by atoms with Crippen LogP contribution in [0.4, 0.5) is 0 Å². The second-order valence-electron chi connectivity index (χ2n) is 7.69. The minimum Gasteiger partial charge on any atom is -0.483 e.